The quantitative estimate of drug-likeness (QED) is 0.876. The topological polar surface area (TPSA) is 37.0 Å². The largest absolute Gasteiger partial charge is 0.383 e. The number of aryl methyl sites for hydroxylation is 1. The van der Waals surface area contributed by atoms with Gasteiger partial charge in [-0.2, -0.15) is 0 Å². The summed E-state index contributed by atoms with van der Waals surface area (Å²) in [4.78, 5) is 5.74. The highest BCUT2D eigenvalue weighted by atomic mass is 32.1. The SMILES string of the molecule is C=C(NCC1=CCC(c2scnc2C)C=C1)C1CCCN1. The van der Waals surface area contributed by atoms with Gasteiger partial charge in [-0.25, -0.2) is 4.98 Å². The Morgan fingerprint density at radius 3 is 3.10 bits per heavy atom. The van der Waals surface area contributed by atoms with Crippen LogP contribution in [-0.4, -0.2) is 24.1 Å². The van der Waals surface area contributed by atoms with Crippen LogP contribution in [0, 0.1) is 6.92 Å². The Hall–Kier alpha value is -1.39. The van der Waals surface area contributed by atoms with E-state index < -0.39 is 0 Å². The number of hydrogen-bond donors (Lipinski definition) is 2. The van der Waals surface area contributed by atoms with E-state index in [1.807, 2.05) is 5.51 Å². The fraction of sp³-hybridized carbons (Fsp3) is 0.471. The standard InChI is InChI=1S/C17H23N3S/c1-12(16-4-3-9-18-16)19-10-14-5-7-15(8-6-14)17-13(2)20-11-21-17/h5-7,11,15-16,18-19H,1,3-4,8-10H2,2H3. The highest BCUT2D eigenvalue weighted by Crippen LogP contribution is 2.31. The van der Waals surface area contributed by atoms with Crippen molar-refractivity contribution in [2.75, 3.05) is 13.1 Å². The van der Waals surface area contributed by atoms with Gasteiger partial charge >= 0.3 is 0 Å². The summed E-state index contributed by atoms with van der Waals surface area (Å²) in [6.07, 6.45) is 10.4. The highest BCUT2D eigenvalue weighted by Gasteiger charge is 2.18. The summed E-state index contributed by atoms with van der Waals surface area (Å²) < 4.78 is 0. The number of rotatable bonds is 5. The average Bonchev–Trinajstić information content (AvgIpc) is 3.17. The first-order chi connectivity index (χ1) is 10.2. The van der Waals surface area contributed by atoms with Crippen LogP contribution in [0.3, 0.4) is 0 Å². The molecule has 2 aliphatic rings. The number of hydrogen-bond acceptors (Lipinski definition) is 4. The van der Waals surface area contributed by atoms with Crippen molar-refractivity contribution in [3.8, 4) is 0 Å². The molecule has 112 valence electrons. The van der Waals surface area contributed by atoms with Gasteiger partial charge in [0.15, 0.2) is 0 Å². The highest BCUT2D eigenvalue weighted by molar-refractivity contribution is 7.09. The van der Waals surface area contributed by atoms with E-state index in [4.69, 9.17) is 0 Å². The maximum Gasteiger partial charge on any atom is 0.0797 e. The molecule has 1 aromatic rings. The summed E-state index contributed by atoms with van der Waals surface area (Å²) >= 11 is 1.76. The van der Waals surface area contributed by atoms with E-state index in [1.165, 1.54) is 29.0 Å². The fourth-order valence-electron chi connectivity index (χ4n) is 2.98. The van der Waals surface area contributed by atoms with Crippen LogP contribution in [0.5, 0.6) is 0 Å². The molecule has 4 heteroatoms. The van der Waals surface area contributed by atoms with Gasteiger partial charge in [0.25, 0.3) is 0 Å². The molecule has 2 unspecified atom stereocenters. The average molecular weight is 301 g/mol. The third-order valence-corrected chi connectivity index (χ3v) is 5.36. The van der Waals surface area contributed by atoms with E-state index in [1.54, 1.807) is 11.3 Å². The molecule has 1 aliphatic carbocycles. The molecule has 1 fully saturated rings. The molecule has 3 nitrogen and oxygen atoms in total. The van der Waals surface area contributed by atoms with Gasteiger partial charge in [0.2, 0.25) is 0 Å². The summed E-state index contributed by atoms with van der Waals surface area (Å²) in [5, 5.41) is 6.94. The Morgan fingerprint density at radius 2 is 2.48 bits per heavy atom. The van der Waals surface area contributed by atoms with E-state index in [0.717, 1.165) is 25.2 Å². The zero-order valence-electron chi connectivity index (χ0n) is 12.6. The van der Waals surface area contributed by atoms with Crippen LogP contribution in [0.2, 0.25) is 0 Å². The third-order valence-electron chi connectivity index (χ3n) is 4.30. The molecule has 0 saturated carbocycles. The number of allylic oxidation sites excluding steroid dienone is 2. The Balaban J connectivity index is 1.50. The predicted molar refractivity (Wildman–Crippen MR) is 89.6 cm³/mol. The molecule has 1 aromatic heterocycles. The predicted octanol–water partition coefficient (Wildman–Crippen LogP) is 3.28. The lowest BCUT2D eigenvalue weighted by Gasteiger charge is -2.19. The molecular formula is C17H23N3S. The normalized spacial score (nSPS) is 24.9. The number of thiazole rings is 1. The molecule has 0 radical (unpaired) electrons. The molecule has 3 rings (SSSR count). The van der Waals surface area contributed by atoms with Crippen LogP contribution >= 0.6 is 11.3 Å². The summed E-state index contributed by atoms with van der Waals surface area (Å²) in [6, 6.07) is 0.450. The summed E-state index contributed by atoms with van der Waals surface area (Å²) in [5.41, 5.74) is 5.60. The maximum absolute atomic E-state index is 4.35. The van der Waals surface area contributed by atoms with Crippen LogP contribution in [0.25, 0.3) is 0 Å². The number of aromatic nitrogens is 1. The minimum absolute atomic E-state index is 0.450. The summed E-state index contributed by atoms with van der Waals surface area (Å²) in [7, 11) is 0. The second-order valence-corrected chi connectivity index (χ2v) is 6.70. The van der Waals surface area contributed by atoms with Gasteiger partial charge in [-0.15, -0.1) is 11.3 Å². The van der Waals surface area contributed by atoms with E-state index in [2.05, 4.69) is 47.3 Å². The Bertz CT molecular complexity index is 564. The van der Waals surface area contributed by atoms with Crippen LogP contribution < -0.4 is 10.6 Å². The van der Waals surface area contributed by atoms with Crippen molar-refractivity contribution in [1.82, 2.24) is 15.6 Å². The zero-order chi connectivity index (χ0) is 14.7. The maximum atomic E-state index is 4.35. The third kappa shape index (κ3) is 3.44. The first-order valence-corrected chi connectivity index (χ1v) is 8.55. The molecule has 2 N–H and O–H groups in total. The molecule has 1 aliphatic heterocycles. The first kappa shape index (κ1) is 14.5. The van der Waals surface area contributed by atoms with Gasteiger partial charge in [-0.05, 0) is 38.3 Å². The zero-order valence-corrected chi connectivity index (χ0v) is 13.4. The van der Waals surface area contributed by atoms with Gasteiger partial charge in [0.05, 0.1) is 11.2 Å². The molecular weight excluding hydrogens is 278 g/mol. The van der Waals surface area contributed by atoms with Crippen molar-refractivity contribution >= 4 is 11.3 Å². The molecule has 0 amide bonds. The van der Waals surface area contributed by atoms with Crippen molar-refractivity contribution < 1.29 is 0 Å². The van der Waals surface area contributed by atoms with E-state index in [9.17, 15) is 0 Å². The minimum Gasteiger partial charge on any atom is -0.383 e. The van der Waals surface area contributed by atoms with Crippen LogP contribution in [0.15, 0.2) is 41.6 Å². The van der Waals surface area contributed by atoms with Gasteiger partial charge < -0.3 is 10.6 Å². The fourth-order valence-corrected chi connectivity index (χ4v) is 3.88. The number of nitrogens with zero attached hydrogens (tertiary/aromatic N) is 1. The van der Waals surface area contributed by atoms with Crippen molar-refractivity contribution in [2.24, 2.45) is 0 Å². The summed E-state index contributed by atoms with van der Waals surface area (Å²) in [5.74, 6) is 0.501. The van der Waals surface area contributed by atoms with E-state index >= 15 is 0 Å². The molecule has 21 heavy (non-hydrogen) atoms. The monoisotopic (exact) mass is 301 g/mol. The van der Waals surface area contributed by atoms with Crippen molar-refractivity contribution in [3.05, 3.63) is 52.2 Å². The van der Waals surface area contributed by atoms with Crippen molar-refractivity contribution in [1.29, 1.82) is 0 Å². The van der Waals surface area contributed by atoms with Gasteiger partial charge in [-0.3, -0.25) is 0 Å². The van der Waals surface area contributed by atoms with Crippen molar-refractivity contribution in [2.45, 2.75) is 38.1 Å². The van der Waals surface area contributed by atoms with Gasteiger partial charge in [-0.1, -0.05) is 24.8 Å². The lowest BCUT2D eigenvalue weighted by Crippen LogP contribution is -2.31. The molecule has 0 aromatic carbocycles. The van der Waals surface area contributed by atoms with E-state index in [-0.39, 0.29) is 0 Å². The molecule has 0 bridgehead atoms. The Labute approximate surface area is 130 Å². The molecule has 2 atom stereocenters. The Kier molecular flexibility index (Phi) is 4.56. The smallest absolute Gasteiger partial charge is 0.0797 e. The lowest BCUT2D eigenvalue weighted by atomic mass is 9.94. The Morgan fingerprint density at radius 1 is 1.57 bits per heavy atom. The van der Waals surface area contributed by atoms with Crippen LogP contribution in [0.4, 0.5) is 0 Å². The number of nitrogens with one attached hydrogen (secondary N) is 2. The molecule has 0 spiro atoms. The van der Waals surface area contributed by atoms with Crippen LogP contribution in [-0.2, 0) is 0 Å². The van der Waals surface area contributed by atoms with Gasteiger partial charge in [0, 0.05) is 29.1 Å². The summed E-state index contributed by atoms with van der Waals surface area (Å²) in [6.45, 7) is 8.24. The minimum atomic E-state index is 0.450. The van der Waals surface area contributed by atoms with Crippen molar-refractivity contribution in [3.63, 3.8) is 0 Å². The second-order valence-electron chi connectivity index (χ2n) is 5.81. The molecule has 2 heterocycles. The first-order valence-electron chi connectivity index (χ1n) is 7.67. The molecule has 1 saturated heterocycles. The van der Waals surface area contributed by atoms with E-state index in [0.29, 0.717) is 12.0 Å². The lowest BCUT2D eigenvalue weighted by molar-refractivity contribution is 0.635. The second kappa shape index (κ2) is 6.58. The van der Waals surface area contributed by atoms with Crippen LogP contribution in [0.1, 0.15) is 35.8 Å². The van der Waals surface area contributed by atoms with Gasteiger partial charge in [0.1, 0.15) is 0 Å².